The Kier molecular flexibility index (Phi) is 3.32. The average molecular weight is 195 g/mol. The number of aromatic nitrogens is 2. The molecule has 0 saturated carbocycles. The number of hydrogen-bond donors (Lipinski definition) is 2. The second kappa shape index (κ2) is 4.13. The van der Waals surface area contributed by atoms with Crippen molar-refractivity contribution in [1.82, 2.24) is 15.5 Å². The maximum Gasteiger partial charge on any atom is 0.0678 e. The molecular formula is C11H21N3. The summed E-state index contributed by atoms with van der Waals surface area (Å²) in [5, 5.41) is 10.6. The lowest BCUT2D eigenvalue weighted by atomic mass is 9.92. The number of likely N-dealkylation sites (N-methyl/N-ethyl adjacent to an activating group) is 1. The lowest BCUT2D eigenvalue weighted by Crippen LogP contribution is -2.23. The normalized spacial score (nSPS) is 14.4. The highest BCUT2D eigenvalue weighted by Crippen LogP contribution is 2.20. The van der Waals surface area contributed by atoms with Gasteiger partial charge < -0.3 is 5.32 Å². The molecule has 1 rings (SSSR count). The molecule has 80 valence electrons. The number of nitrogens with one attached hydrogen (secondary N) is 2. The molecule has 0 amide bonds. The number of H-pyrrole nitrogens is 1. The van der Waals surface area contributed by atoms with Gasteiger partial charge in [-0.25, -0.2) is 0 Å². The second-order valence-electron chi connectivity index (χ2n) is 4.92. The zero-order chi connectivity index (χ0) is 10.8. The molecule has 1 atom stereocenters. The standard InChI is InChI=1S/C11H21N3/c1-8(12-5)6-9-7-10(14-13-9)11(2,3)4/h7-8,12H,6H2,1-5H3,(H,13,14). The van der Waals surface area contributed by atoms with Crippen molar-refractivity contribution in [2.45, 2.75) is 45.6 Å². The van der Waals surface area contributed by atoms with E-state index in [0.717, 1.165) is 12.1 Å². The van der Waals surface area contributed by atoms with Crippen molar-refractivity contribution in [3.63, 3.8) is 0 Å². The summed E-state index contributed by atoms with van der Waals surface area (Å²) in [4.78, 5) is 0. The summed E-state index contributed by atoms with van der Waals surface area (Å²) in [5.74, 6) is 0. The van der Waals surface area contributed by atoms with E-state index < -0.39 is 0 Å². The van der Waals surface area contributed by atoms with Gasteiger partial charge in [-0.05, 0) is 20.0 Å². The van der Waals surface area contributed by atoms with Crippen molar-refractivity contribution in [2.75, 3.05) is 7.05 Å². The molecule has 0 aliphatic carbocycles. The van der Waals surface area contributed by atoms with E-state index >= 15 is 0 Å². The van der Waals surface area contributed by atoms with Gasteiger partial charge in [0.1, 0.15) is 0 Å². The van der Waals surface area contributed by atoms with E-state index in [0.29, 0.717) is 6.04 Å². The molecule has 0 aliphatic heterocycles. The summed E-state index contributed by atoms with van der Waals surface area (Å²) >= 11 is 0. The topological polar surface area (TPSA) is 40.7 Å². The Morgan fingerprint density at radius 1 is 1.50 bits per heavy atom. The van der Waals surface area contributed by atoms with Crippen LogP contribution >= 0.6 is 0 Å². The zero-order valence-corrected chi connectivity index (χ0v) is 9.81. The van der Waals surface area contributed by atoms with Gasteiger partial charge in [0.05, 0.1) is 5.69 Å². The van der Waals surface area contributed by atoms with E-state index in [4.69, 9.17) is 0 Å². The molecule has 2 N–H and O–H groups in total. The van der Waals surface area contributed by atoms with E-state index in [2.05, 4.69) is 49.3 Å². The molecule has 0 aromatic carbocycles. The Morgan fingerprint density at radius 3 is 2.57 bits per heavy atom. The lowest BCUT2D eigenvalue weighted by Gasteiger charge is -2.13. The van der Waals surface area contributed by atoms with Crippen molar-refractivity contribution >= 4 is 0 Å². The van der Waals surface area contributed by atoms with Crippen molar-refractivity contribution in [3.8, 4) is 0 Å². The first-order valence-electron chi connectivity index (χ1n) is 5.15. The maximum absolute atomic E-state index is 4.32. The van der Waals surface area contributed by atoms with Crippen molar-refractivity contribution in [1.29, 1.82) is 0 Å². The summed E-state index contributed by atoms with van der Waals surface area (Å²) < 4.78 is 0. The van der Waals surface area contributed by atoms with Gasteiger partial charge in [-0.15, -0.1) is 0 Å². The third-order valence-electron chi connectivity index (χ3n) is 2.42. The van der Waals surface area contributed by atoms with Gasteiger partial charge in [-0.1, -0.05) is 20.8 Å². The highest BCUT2D eigenvalue weighted by atomic mass is 15.1. The lowest BCUT2D eigenvalue weighted by molar-refractivity contribution is 0.566. The van der Waals surface area contributed by atoms with Crippen LogP contribution in [0, 0.1) is 0 Å². The fourth-order valence-electron chi connectivity index (χ4n) is 1.28. The fraction of sp³-hybridized carbons (Fsp3) is 0.727. The second-order valence-corrected chi connectivity index (χ2v) is 4.92. The van der Waals surface area contributed by atoms with E-state index in [1.165, 1.54) is 5.69 Å². The van der Waals surface area contributed by atoms with Crippen LogP contribution in [0.2, 0.25) is 0 Å². The number of aromatic amines is 1. The number of hydrogen-bond acceptors (Lipinski definition) is 2. The van der Waals surface area contributed by atoms with Gasteiger partial charge in [0.15, 0.2) is 0 Å². The maximum atomic E-state index is 4.32. The molecule has 1 heterocycles. The van der Waals surface area contributed by atoms with Gasteiger partial charge in [-0.3, -0.25) is 5.10 Å². The van der Waals surface area contributed by atoms with Crippen LogP contribution in [0.5, 0.6) is 0 Å². The van der Waals surface area contributed by atoms with Gasteiger partial charge in [-0.2, -0.15) is 5.10 Å². The summed E-state index contributed by atoms with van der Waals surface area (Å²) in [6.07, 6.45) is 1.000. The predicted molar refractivity (Wildman–Crippen MR) is 59.5 cm³/mol. The van der Waals surface area contributed by atoms with Crippen molar-refractivity contribution in [3.05, 3.63) is 17.5 Å². The molecule has 1 aromatic rings. The SMILES string of the molecule is CNC(C)Cc1cc(C(C)(C)C)n[nH]1. The molecule has 14 heavy (non-hydrogen) atoms. The predicted octanol–water partition coefficient (Wildman–Crippen LogP) is 1.86. The van der Waals surface area contributed by atoms with Crippen molar-refractivity contribution in [2.24, 2.45) is 0 Å². The van der Waals surface area contributed by atoms with E-state index in [1.807, 2.05) is 7.05 Å². The monoisotopic (exact) mass is 195 g/mol. The van der Waals surface area contributed by atoms with Crippen LogP contribution in [0.4, 0.5) is 0 Å². The first-order valence-corrected chi connectivity index (χ1v) is 5.15. The first-order chi connectivity index (χ1) is 6.43. The van der Waals surface area contributed by atoms with Crippen LogP contribution in [-0.2, 0) is 11.8 Å². The van der Waals surface area contributed by atoms with E-state index in [9.17, 15) is 0 Å². The molecule has 3 heteroatoms. The Bertz CT molecular complexity index is 283. The Morgan fingerprint density at radius 2 is 2.14 bits per heavy atom. The molecule has 0 bridgehead atoms. The average Bonchev–Trinajstić information content (AvgIpc) is 2.51. The molecular weight excluding hydrogens is 174 g/mol. The molecule has 0 saturated heterocycles. The zero-order valence-electron chi connectivity index (χ0n) is 9.81. The summed E-state index contributed by atoms with van der Waals surface area (Å²) in [5.41, 5.74) is 2.48. The number of rotatable bonds is 3. The van der Waals surface area contributed by atoms with Crippen LogP contribution in [0.3, 0.4) is 0 Å². The van der Waals surface area contributed by atoms with Gasteiger partial charge in [0.2, 0.25) is 0 Å². The van der Waals surface area contributed by atoms with Gasteiger partial charge in [0.25, 0.3) is 0 Å². The summed E-state index contributed by atoms with van der Waals surface area (Å²) in [7, 11) is 1.98. The Hall–Kier alpha value is -0.830. The minimum absolute atomic E-state index is 0.137. The Balaban J connectivity index is 2.69. The first kappa shape index (κ1) is 11.2. The van der Waals surface area contributed by atoms with Crippen LogP contribution < -0.4 is 5.32 Å². The molecule has 1 unspecified atom stereocenters. The summed E-state index contributed by atoms with van der Waals surface area (Å²) in [6.45, 7) is 8.69. The minimum atomic E-state index is 0.137. The third kappa shape index (κ3) is 2.84. The largest absolute Gasteiger partial charge is 0.317 e. The molecule has 0 spiro atoms. The smallest absolute Gasteiger partial charge is 0.0678 e. The summed E-state index contributed by atoms with van der Waals surface area (Å²) in [6, 6.07) is 2.65. The molecule has 0 fully saturated rings. The third-order valence-corrected chi connectivity index (χ3v) is 2.42. The molecule has 1 aromatic heterocycles. The van der Waals surface area contributed by atoms with Crippen molar-refractivity contribution < 1.29 is 0 Å². The van der Waals surface area contributed by atoms with E-state index in [-0.39, 0.29) is 5.41 Å². The van der Waals surface area contributed by atoms with Gasteiger partial charge in [0, 0.05) is 23.6 Å². The fourth-order valence-corrected chi connectivity index (χ4v) is 1.28. The quantitative estimate of drug-likeness (QED) is 0.773. The highest BCUT2D eigenvalue weighted by molar-refractivity contribution is 5.16. The van der Waals surface area contributed by atoms with Gasteiger partial charge >= 0.3 is 0 Å². The molecule has 0 aliphatic rings. The van der Waals surface area contributed by atoms with Crippen LogP contribution in [0.1, 0.15) is 39.1 Å². The minimum Gasteiger partial charge on any atom is -0.317 e. The van der Waals surface area contributed by atoms with Crippen LogP contribution in [0.15, 0.2) is 6.07 Å². The number of nitrogens with zero attached hydrogens (tertiary/aromatic N) is 1. The van der Waals surface area contributed by atoms with E-state index in [1.54, 1.807) is 0 Å². The highest BCUT2D eigenvalue weighted by Gasteiger charge is 2.17. The van der Waals surface area contributed by atoms with Crippen LogP contribution in [-0.4, -0.2) is 23.3 Å². The molecule has 0 radical (unpaired) electrons. The van der Waals surface area contributed by atoms with Crippen LogP contribution in [0.25, 0.3) is 0 Å². The molecule has 3 nitrogen and oxygen atoms in total. The Labute approximate surface area is 86.3 Å².